The monoisotopic (exact) mass is 378 g/mol. The Hall–Kier alpha value is -2.89. The van der Waals surface area contributed by atoms with E-state index in [2.05, 4.69) is 27.4 Å². The third-order valence-corrected chi connectivity index (χ3v) is 4.55. The lowest BCUT2D eigenvalue weighted by Crippen LogP contribution is -2.16. The van der Waals surface area contributed by atoms with Gasteiger partial charge in [-0.3, -0.25) is 0 Å². The second-order valence-corrected chi connectivity index (χ2v) is 6.85. The van der Waals surface area contributed by atoms with E-state index in [0.29, 0.717) is 17.4 Å². The van der Waals surface area contributed by atoms with Crippen molar-refractivity contribution in [3.8, 4) is 16.8 Å². The van der Waals surface area contributed by atoms with Crippen molar-refractivity contribution in [3.63, 3.8) is 0 Å². The molecular formula is C21H19ClN4O. The van der Waals surface area contributed by atoms with Gasteiger partial charge in [0, 0.05) is 29.0 Å². The minimum Gasteiger partial charge on any atom is -0.392 e. The van der Waals surface area contributed by atoms with Gasteiger partial charge in [0.05, 0.1) is 11.5 Å². The van der Waals surface area contributed by atoms with Crippen molar-refractivity contribution in [1.82, 2.24) is 14.5 Å². The summed E-state index contributed by atoms with van der Waals surface area (Å²) in [6.07, 6.45) is 3.10. The first kappa shape index (κ1) is 17.5. The fourth-order valence-electron chi connectivity index (χ4n) is 3.10. The average Bonchev–Trinajstić information content (AvgIpc) is 3.07. The van der Waals surface area contributed by atoms with Gasteiger partial charge in [0.2, 0.25) is 0 Å². The maximum Gasteiger partial charge on any atom is 0.150 e. The summed E-state index contributed by atoms with van der Waals surface area (Å²) < 4.78 is 2.01. The van der Waals surface area contributed by atoms with Crippen LogP contribution in [0.25, 0.3) is 27.8 Å². The molecule has 0 aliphatic heterocycles. The fraction of sp³-hybridized carbons (Fsp3) is 0.143. The summed E-state index contributed by atoms with van der Waals surface area (Å²) in [5, 5.41) is 14.5. The lowest BCUT2D eigenvalue weighted by atomic mass is 10.1. The Morgan fingerprint density at radius 2 is 1.93 bits per heavy atom. The van der Waals surface area contributed by atoms with Crippen molar-refractivity contribution >= 4 is 28.5 Å². The molecule has 0 aliphatic carbocycles. The summed E-state index contributed by atoms with van der Waals surface area (Å²) in [5.74, 6) is 0.695. The SMILES string of the molecule is C[C@H](O)CNc1ncnc2c1c(-c1ccccc1)cn2-c1cccc(Cl)c1. The number of benzene rings is 2. The molecule has 6 heteroatoms. The standard InChI is InChI=1S/C21H19ClN4O/c1-14(27)11-23-20-19-18(15-6-3-2-4-7-15)12-26(21(19)25-13-24-20)17-9-5-8-16(22)10-17/h2-10,12-14,27H,11H2,1H3,(H,23,24,25)/t14-/m0/s1. The van der Waals surface area contributed by atoms with E-state index in [-0.39, 0.29) is 0 Å². The molecule has 0 saturated heterocycles. The van der Waals surface area contributed by atoms with Gasteiger partial charge in [-0.1, -0.05) is 48.0 Å². The number of halogens is 1. The van der Waals surface area contributed by atoms with E-state index >= 15 is 0 Å². The molecule has 0 aliphatic rings. The molecule has 136 valence electrons. The van der Waals surface area contributed by atoms with Crippen LogP contribution in [0.2, 0.25) is 5.02 Å². The molecule has 2 aromatic carbocycles. The Balaban J connectivity index is 1.97. The molecule has 5 nitrogen and oxygen atoms in total. The van der Waals surface area contributed by atoms with Crippen LogP contribution < -0.4 is 5.32 Å². The van der Waals surface area contributed by atoms with Crippen molar-refractivity contribution in [3.05, 3.63) is 72.1 Å². The zero-order valence-electron chi connectivity index (χ0n) is 14.8. The molecule has 4 aromatic rings. The predicted octanol–water partition coefficient (Wildman–Crippen LogP) is 4.53. The van der Waals surface area contributed by atoms with Crippen LogP contribution in [0.3, 0.4) is 0 Å². The van der Waals surface area contributed by atoms with Crippen molar-refractivity contribution in [2.24, 2.45) is 0 Å². The lowest BCUT2D eigenvalue weighted by molar-refractivity contribution is 0.208. The van der Waals surface area contributed by atoms with Gasteiger partial charge in [-0.25, -0.2) is 9.97 Å². The van der Waals surface area contributed by atoms with E-state index in [4.69, 9.17) is 11.6 Å². The van der Waals surface area contributed by atoms with E-state index in [1.807, 2.05) is 53.2 Å². The Morgan fingerprint density at radius 1 is 1.11 bits per heavy atom. The number of rotatable bonds is 5. The second-order valence-electron chi connectivity index (χ2n) is 6.41. The van der Waals surface area contributed by atoms with Crippen molar-refractivity contribution in [1.29, 1.82) is 0 Å². The summed E-state index contributed by atoms with van der Waals surface area (Å²) in [5.41, 5.74) is 3.78. The smallest absolute Gasteiger partial charge is 0.150 e. The maximum atomic E-state index is 9.66. The van der Waals surface area contributed by atoms with Crippen LogP contribution in [-0.2, 0) is 0 Å². The van der Waals surface area contributed by atoms with Crippen LogP contribution in [0.5, 0.6) is 0 Å². The number of nitrogens with zero attached hydrogens (tertiary/aromatic N) is 3. The highest BCUT2D eigenvalue weighted by Gasteiger charge is 2.17. The first-order valence-corrected chi connectivity index (χ1v) is 9.10. The van der Waals surface area contributed by atoms with Gasteiger partial charge < -0.3 is 15.0 Å². The maximum absolute atomic E-state index is 9.66. The van der Waals surface area contributed by atoms with Gasteiger partial charge >= 0.3 is 0 Å². The van der Waals surface area contributed by atoms with Crippen LogP contribution >= 0.6 is 11.6 Å². The summed E-state index contributed by atoms with van der Waals surface area (Å²) in [6.45, 7) is 2.14. The topological polar surface area (TPSA) is 63.0 Å². The molecule has 0 spiro atoms. The van der Waals surface area contributed by atoms with Crippen LogP contribution in [0.1, 0.15) is 6.92 Å². The molecular weight excluding hydrogens is 360 g/mol. The molecule has 0 unspecified atom stereocenters. The number of hydrogen-bond acceptors (Lipinski definition) is 4. The number of fused-ring (bicyclic) bond motifs is 1. The molecule has 0 radical (unpaired) electrons. The largest absolute Gasteiger partial charge is 0.392 e. The number of aliphatic hydroxyl groups excluding tert-OH is 1. The zero-order valence-corrected chi connectivity index (χ0v) is 15.6. The molecule has 0 amide bonds. The quantitative estimate of drug-likeness (QED) is 0.535. The van der Waals surface area contributed by atoms with Gasteiger partial charge in [-0.15, -0.1) is 0 Å². The van der Waals surface area contributed by atoms with Crippen LogP contribution in [-0.4, -0.2) is 32.3 Å². The minimum atomic E-state index is -0.481. The highest BCUT2D eigenvalue weighted by atomic mass is 35.5. The molecule has 27 heavy (non-hydrogen) atoms. The van der Waals surface area contributed by atoms with E-state index < -0.39 is 6.10 Å². The third kappa shape index (κ3) is 3.52. The number of hydrogen-bond donors (Lipinski definition) is 2. The highest BCUT2D eigenvalue weighted by molar-refractivity contribution is 6.30. The van der Waals surface area contributed by atoms with Crippen molar-refractivity contribution in [2.75, 3.05) is 11.9 Å². The molecule has 2 heterocycles. The third-order valence-electron chi connectivity index (χ3n) is 4.32. The van der Waals surface area contributed by atoms with E-state index in [1.165, 1.54) is 6.33 Å². The Labute approximate surface area is 162 Å². The Bertz CT molecular complexity index is 1080. The van der Waals surface area contributed by atoms with Gasteiger partial charge in [0.1, 0.15) is 12.1 Å². The van der Waals surface area contributed by atoms with Crippen LogP contribution in [0, 0.1) is 0 Å². The summed E-state index contributed by atoms with van der Waals surface area (Å²) >= 11 is 6.20. The minimum absolute atomic E-state index is 0.405. The molecule has 2 N–H and O–H groups in total. The first-order valence-electron chi connectivity index (χ1n) is 8.73. The van der Waals surface area contributed by atoms with E-state index in [0.717, 1.165) is 27.8 Å². The van der Waals surface area contributed by atoms with Gasteiger partial charge in [0.25, 0.3) is 0 Å². The Kier molecular flexibility index (Phi) is 4.79. The molecule has 0 bridgehead atoms. The zero-order chi connectivity index (χ0) is 18.8. The van der Waals surface area contributed by atoms with E-state index in [1.54, 1.807) is 6.92 Å². The highest BCUT2D eigenvalue weighted by Crippen LogP contribution is 2.35. The van der Waals surface area contributed by atoms with Gasteiger partial charge in [-0.2, -0.15) is 0 Å². The molecule has 0 saturated carbocycles. The number of aliphatic hydroxyl groups is 1. The lowest BCUT2D eigenvalue weighted by Gasteiger charge is -2.10. The molecule has 2 aromatic heterocycles. The van der Waals surface area contributed by atoms with Gasteiger partial charge in [-0.05, 0) is 30.7 Å². The van der Waals surface area contributed by atoms with E-state index in [9.17, 15) is 5.11 Å². The summed E-state index contributed by atoms with van der Waals surface area (Å²) in [7, 11) is 0. The Morgan fingerprint density at radius 3 is 2.67 bits per heavy atom. The van der Waals surface area contributed by atoms with Gasteiger partial charge in [0.15, 0.2) is 5.65 Å². The predicted molar refractivity (Wildman–Crippen MR) is 109 cm³/mol. The number of aromatic nitrogens is 3. The first-order chi connectivity index (χ1) is 13.1. The summed E-state index contributed by atoms with van der Waals surface area (Å²) in [4.78, 5) is 8.94. The number of nitrogens with one attached hydrogen (secondary N) is 1. The van der Waals surface area contributed by atoms with Crippen LogP contribution in [0.4, 0.5) is 5.82 Å². The molecule has 0 fully saturated rings. The van der Waals surface area contributed by atoms with Crippen LogP contribution in [0.15, 0.2) is 67.1 Å². The average molecular weight is 379 g/mol. The second kappa shape index (κ2) is 7.39. The fourth-order valence-corrected chi connectivity index (χ4v) is 3.28. The van der Waals surface area contributed by atoms with Crippen molar-refractivity contribution < 1.29 is 5.11 Å². The molecule has 4 rings (SSSR count). The molecule has 1 atom stereocenters. The number of anilines is 1. The van der Waals surface area contributed by atoms with Crippen molar-refractivity contribution in [2.45, 2.75) is 13.0 Å². The normalized spacial score (nSPS) is 12.3. The summed E-state index contributed by atoms with van der Waals surface area (Å²) in [6, 6.07) is 17.8.